The maximum atomic E-state index is 12.8. The number of benzene rings is 2. The molecular weight excluding hydrogens is 255 g/mol. The molecule has 3 aromatic rings. The molecule has 0 spiro atoms. The van der Waals surface area contributed by atoms with Crippen LogP contribution in [0.2, 0.25) is 0 Å². The molecule has 0 saturated heterocycles. The maximum Gasteiger partial charge on any atom is 0.221 e. The van der Waals surface area contributed by atoms with Gasteiger partial charge in [0.1, 0.15) is 11.4 Å². The van der Waals surface area contributed by atoms with Crippen molar-refractivity contribution in [2.75, 3.05) is 0 Å². The molecule has 0 amide bonds. The van der Waals surface area contributed by atoms with E-state index < -0.39 is 0 Å². The summed E-state index contributed by atoms with van der Waals surface area (Å²) in [5, 5.41) is 0.894. The number of fused-ring (bicyclic) bond motifs is 1. The molecule has 20 heavy (non-hydrogen) atoms. The Morgan fingerprint density at radius 3 is 2.55 bits per heavy atom. The molecule has 3 rings (SSSR count). The number of ketones is 1. The lowest BCUT2D eigenvalue weighted by molar-refractivity contribution is 0.102. The summed E-state index contributed by atoms with van der Waals surface area (Å²) in [6.07, 6.45) is 3.06. The van der Waals surface area contributed by atoms with Gasteiger partial charge in [0.25, 0.3) is 0 Å². The van der Waals surface area contributed by atoms with Crippen LogP contribution in [0.25, 0.3) is 17.0 Å². The SMILES string of the molecule is O=C(/C=C/c1ccc(F)cc1)c1cc2ccccc2o1. The number of carbonyl (C=O) groups is 1. The summed E-state index contributed by atoms with van der Waals surface area (Å²) in [5.41, 5.74) is 1.45. The number of carbonyl (C=O) groups excluding carboxylic acids is 1. The molecule has 0 aliphatic carbocycles. The zero-order chi connectivity index (χ0) is 13.9. The molecule has 3 heteroatoms. The van der Waals surface area contributed by atoms with Gasteiger partial charge >= 0.3 is 0 Å². The first-order chi connectivity index (χ1) is 9.72. The van der Waals surface area contributed by atoms with E-state index in [0.717, 1.165) is 10.9 Å². The second kappa shape index (κ2) is 5.13. The molecule has 0 unspecified atom stereocenters. The van der Waals surface area contributed by atoms with Crippen molar-refractivity contribution in [3.63, 3.8) is 0 Å². The van der Waals surface area contributed by atoms with E-state index in [9.17, 15) is 9.18 Å². The highest BCUT2D eigenvalue weighted by Crippen LogP contribution is 2.19. The van der Waals surface area contributed by atoms with E-state index in [1.807, 2.05) is 24.3 Å². The van der Waals surface area contributed by atoms with E-state index in [-0.39, 0.29) is 11.6 Å². The Hall–Kier alpha value is -2.68. The first-order valence-corrected chi connectivity index (χ1v) is 6.19. The number of halogens is 1. The summed E-state index contributed by atoms with van der Waals surface area (Å²) in [4.78, 5) is 12.0. The summed E-state index contributed by atoms with van der Waals surface area (Å²) < 4.78 is 18.2. The van der Waals surface area contributed by atoms with Gasteiger partial charge in [-0.1, -0.05) is 36.4 Å². The zero-order valence-electron chi connectivity index (χ0n) is 10.5. The number of allylic oxidation sites excluding steroid dienone is 1. The van der Waals surface area contributed by atoms with Crippen molar-refractivity contribution in [2.24, 2.45) is 0 Å². The third kappa shape index (κ3) is 2.52. The minimum Gasteiger partial charge on any atom is -0.453 e. The number of hydrogen-bond donors (Lipinski definition) is 0. The third-order valence-electron chi connectivity index (χ3n) is 2.97. The van der Waals surface area contributed by atoms with Crippen LogP contribution in [0.1, 0.15) is 16.1 Å². The summed E-state index contributed by atoms with van der Waals surface area (Å²) in [6.45, 7) is 0. The number of hydrogen-bond acceptors (Lipinski definition) is 2. The molecule has 2 nitrogen and oxygen atoms in total. The Balaban J connectivity index is 1.83. The quantitative estimate of drug-likeness (QED) is 0.517. The van der Waals surface area contributed by atoms with Gasteiger partial charge in [-0.15, -0.1) is 0 Å². The molecule has 0 N–H and O–H groups in total. The predicted octanol–water partition coefficient (Wildman–Crippen LogP) is 4.47. The fourth-order valence-corrected chi connectivity index (χ4v) is 1.93. The van der Waals surface area contributed by atoms with Crippen LogP contribution in [0.15, 0.2) is 65.1 Å². The van der Waals surface area contributed by atoms with Crippen LogP contribution < -0.4 is 0 Å². The maximum absolute atomic E-state index is 12.8. The number of para-hydroxylation sites is 1. The highest BCUT2D eigenvalue weighted by Gasteiger charge is 2.08. The number of rotatable bonds is 3. The van der Waals surface area contributed by atoms with Crippen molar-refractivity contribution >= 4 is 22.8 Å². The Kier molecular flexibility index (Phi) is 3.17. The molecule has 2 aromatic carbocycles. The van der Waals surface area contributed by atoms with Crippen molar-refractivity contribution in [1.29, 1.82) is 0 Å². The van der Waals surface area contributed by atoms with Gasteiger partial charge in [0.15, 0.2) is 5.76 Å². The molecule has 0 fully saturated rings. The van der Waals surface area contributed by atoms with Crippen LogP contribution >= 0.6 is 0 Å². The highest BCUT2D eigenvalue weighted by molar-refractivity contribution is 6.06. The topological polar surface area (TPSA) is 30.2 Å². The van der Waals surface area contributed by atoms with Crippen molar-refractivity contribution < 1.29 is 13.6 Å². The first-order valence-electron chi connectivity index (χ1n) is 6.19. The van der Waals surface area contributed by atoms with Crippen LogP contribution in [-0.2, 0) is 0 Å². The van der Waals surface area contributed by atoms with E-state index in [1.54, 1.807) is 24.3 Å². The smallest absolute Gasteiger partial charge is 0.221 e. The molecule has 0 bridgehead atoms. The van der Waals surface area contributed by atoms with Gasteiger partial charge in [0.05, 0.1) is 0 Å². The summed E-state index contributed by atoms with van der Waals surface area (Å²) in [6, 6.07) is 15.1. The summed E-state index contributed by atoms with van der Waals surface area (Å²) in [7, 11) is 0. The monoisotopic (exact) mass is 266 g/mol. The van der Waals surface area contributed by atoms with Crippen LogP contribution in [0.5, 0.6) is 0 Å². The zero-order valence-corrected chi connectivity index (χ0v) is 10.5. The van der Waals surface area contributed by atoms with Gasteiger partial charge in [-0.05, 0) is 35.9 Å². The van der Waals surface area contributed by atoms with Gasteiger partial charge in [-0.25, -0.2) is 4.39 Å². The predicted molar refractivity (Wildman–Crippen MR) is 76.0 cm³/mol. The van der Waals surface area contributed by atoms with Crippen LogP contribution in [0.3, 0.4) is 0 Å². The van der Waals surface area contributed by atoms with E-state index in [0.29, 0.717) is 11.3 Å². The average Bonchev–Trinajstić information content (AvgIpc) is 2.90. The van der Waals surface area contributed by atoms with E-state index in [4.69, 9.17) is 4.42 Å². The molecule has 0 saturated carbocycles. The van der Waals surface area contributed by atoms with Crippen LogP contribution in [-0.4, -0.2) is 5.78 Å². The Morgan fingerprint density at radius 1 is 1.05 bits per heavy atom. The lowest BCUT2D eigenvalue weighted by Crippen LogP contribution is -1.90. The molecule has 0 aliphatic heterocycles. The van der Waals surface area contributed by atoms with Crippen LogP contribution in [0.4, 0.5) is 4.39 Å². The van der Waals surface area contributed by atoms with Gasteiger partial charge in [0.2, 0.25) is 5.78 Å². The first kappa shape index (κ1) is 12.4. The van der Waals surface area contributed by atoms with Gasteiger partial charge in [-0.2, -0.15) is 0 Å². The molecular formula is C17H11FO2. The highest BCUT2D eigenvalue weighted by atomic mass is 19.1. The molecule has 0 aliphatic rings. The summed E-state index contributed by atoms with van der Waals surface area (Å²) >= 11 is 0. The molecule has 0 radical (unpaired) electrons. The lowest BCUT2D eigenvalue weighted by atomic mass is 10.1. The minimum atomic E-state index is -0.300. The standard InChI is InChI=1S/C17H11FO2/c18-14-8-5-12(6-9-14)7-10-15(19)17-11-13-3-1-2-4-16(13)20-17/h1-11H/b10-7+. The minimum absolute atomic E-state index is 0.217. The second-order valence-electron chi connectivity index (χ2n) is 4.40. The average molecular weight is 266 g/mol. The van der Waals surface area contributed by atoms with Crippen molar-refractivity contribution in [3.05, 3.63) is 77.8 Å². The van der Waals surface area contributed by atoms with Gasteiger partial charge < -0.3 is 4.42 Å². The summed E-state index contributed by atoms with van der Waals surface area (Å²) in [5.74, 6) is -0.221. The van der Waals surface area contributed by atoms with Gasteiger partial charge in [0, 0.05) is 5.39 Å². The van der Waals surface area contributed by atoms with Crippen molar-refractivity contribution in [3.8, 4) is 0 Å². The molecule has 0 atom stereocenters. The normalized spacial score (nSPS) is 11.2. The van der Waals surface area contributed by atoms with Gasteiger partial charge in [-0.3, -0.25) is 4.79 Å². The fourth-order valence-electron chi connectivity index (χ4n) is 1.93. The Bertz CT molecular complexity index is 749. The van der Waals surface area contributed by atoms with Crippen LogP contribution in [0, 0.1) is 5.82 Å². The third-order valence-corrected chi connectivity index (χ3v) is 2.97. The lowest BCUT2D eigenvalue weighted by Gasteiger charge is -1.92. The van der Waals surface area contributed by atoms with E-state index in [2.05, 4.69) is 0 Å². The largest absolute Gasteiger partial charge is 0.453 e. The molecule has 1 aromatic heterocycles. The van der Waals surface area contributed by atoms with Crippen molar-refractivity contribution in [2.45, 2.75) is 0 Å². The fraction of sp³-hybridized carbons (Fsp3) is 0. The second-order valence-corrected chi connectivity index (χ2v) is 4.40. The van der Waals surface area contributed by atoms with Crippen molar-refractivity contribution in [1.82, 2.24) is 0 Å². The van der Waals surface area contributed by atoms with E-state index >= 15 is 0 Å². The Labute approximate surface area is 115 Å². The number of furan rings is 1. The molecule has 98 valence electrons. The Morgan fingerprint density at radius 2 is 1.80 bits per heavy atom. The molecule has 1 heterocycles. The van der Waals surface area contributed by atoms with E-state index in [1.165, 1.54) is 18.2 Å².